The third-order valence-electron chi connectivity index (χ3n) is 5.57. The lowest BCUT2D eigenvalue weighted by atomic mass is 9.74. The molecule has 1 aliphatic carbocycles. The summed E-state index contributed by atoms with van der Waals surface area (Å²) in [7, 11) is 2.05. The van der Waals surface area contributed by atoms with Crippen LogP contribution >= 0.6 is 0 Å². The van der Waals surface area contributed by atoms with Crippen LogP contribution in [0.4, 0.5) is 0 Å². The Labute approximate surface area is 130 Å². The van der Waals surface area contributed by atoms with Crippen LogP contribution in [0, 0.1) is 11.8 Å². The Morgan fingerprint density at radius 2 is 1.90 bits per heavy atom. The fourth-order valence-electron chi connectivity index (χ4n) is 3.21. The molecule has 1 saturated carbocycles. The lowest BCUT2D eigenvalue weighted by Crippen LogP contribution is -2.57. The maximum atomic E-state index is 12.2. The van der Waals surface area contributed by atoms with E-state index in [0.29, 0.717) is 19.0 Å². The van der Waals surface area contributed by atoms with Crippen molar-refractivity contribution in [2.24, 2.45) is 17.6 Å². The van der Waals surface area contributed by atoms with Crippen LogP contribution in [-0.2, 0) is 4.79 Å². The van der Waals surface area contributed by atoms with Crippen molar-refractivity contribution in [1.29, 1.82) is 0 Å². The summed E-state index contributed by atoms with van der Waals surface area (Å²) in [5.41, 5.74) is 6.10. The van der Waals surface area contributed by atoms with Gasteiger partial charge in [0.15, 0.2) is 0 Å². The van der Waals surface area contributed by atoms with E-state index in [1.54, 1.807) is 0 Å². The topological polar surface area (TPSA) is 58.4 Å². The molecule has 1 atom stereocenters. The maximum absolute atomic E-state index is 12.2. The van der Waals surface area contributed by atoms with Crippen molar-refractivity contribution in [2.45, 2.75) is 71.4 Å². The summed E-state index contributed by atoms with van der Waals surface area (Å²) < 4.78 is 0. The molecule has 1 fully saturated rings. The molecule has 1 rings (SSSR count). The minimum Gasteiger partial charge on any atom is -0.352 e. The minimum atomic E-state index is 0.0179. The number of rotatable bonds is 7. The van der Waals surface area contributed by atoms with Gasteiger partial charge >= 0.3 is 0 Å². The molecule has 0 aromatic heterocycles. The summed E-state index contributed by atoms with van der Waals surface area (Å²) in [6, 6.07) is 0.218. The highest BCUT2D eigenvalue weighted by molar-refractivity contribution is 5.78. The Balaban J connectivity index is 2.55. The highest BCUT2D eigenvalue weighted by Crippen LogP contribution is 2.36. The number of nitrogens with two attached hydrogens (primary N) is 1. The average Bonchev–Trinajstić information content (AvgIpc) is 2.46. The van der Waals surface area contributed by atoms with Crippen LogP contribution in [0.25, 0.3) is 0 Å². The lowest BCUT2D eigenvalue weighted by molar-refractivity contribution is -0.124. The SMILES string of the molecule is CCC1CCC(CN)(N(C)CC(=O)NC(C)C(C)C)CC1. The van der Waals surface area contributed by atoms with Gasteiger partial charge in [0.05, 0.1) is 6.54 Å². The quantitative estimate of drug-likeness (QED) is 0.758. The van der Waals surface area contributed by atoms with Crippen LogP contribution in [-0.4, -0.2) is 42.5 Å². The van der Waals surface area contributed by atoms with Crippen LogP contribution < -0.4 is 11.1 Å². The molecule has 0 aliphatic heterocycles. The first-order valence-corrected chi connectivity index (χ1v) is 8.55. The van der Waals surface area contributed by atoms with Crippen molar-refractivity contribution in [3.05, 3.63) is 0 Å². The van der Waals surface area contributed by atoms with Gasteiger partial charge in [-0.3, -0.25) is 9.69 Å². The zero-order chi connectivity index (χ0) is 16.0. The van der Waals surface area contributed by atoms with E-state index in [-0.39, 0.29) is 17.5 Å². The number of carbonyl (C=O) groups is 1. The van der Waals surface area contributed by atoms with E-state index in [2.05, 4.69) is 45.0 Å². The van der Waals surface area contributed by atoms with Crippen LogP contribution in [0.2, 0.25) is 0 Å². The van der Waals surface area contributed by atoms with Gasteiger partial charge in [-0.1, -0.05) is 27.2 Å². The zero-order valence-electron chi connectivity index (χ0n) is 14.6. The molecule has 21 heavy (non-hydrogen) atoms. The molecule has 1 unspecified atom stereocenters. The second-order valence-corrected chi connectivity index (χ2v) is 7.24. The molecule has 1 amide bonds. The molecule has 0 saturated heterocycles. The molecule has 4 nitrogen and oxygen atoms in total. The molecule has 3 N–H and O–H groups in total. The summed E-state index contributed by atoms with van der Waals surface area (Å²) in [6.45, 7) is 9.68. The third kappa shape index (κ3) is 4.96. The average molecular weight is 297 g/mol. The van der Waals surface area contributed by atoms with Gasteiger partial charge in [0.25, 0.3) is 0 Å². The normalized spacial score (nSPS) is 27.9. The molecule has 0 spiro atoms. The number of nitrogens with one attached hydrogen (secondary N) is 1. The van der Waals surface area contributed by atoms with Crippen LogP contribution in [0.5, 0.6) is 0 Å². The summed E-state index contributed by atoms with van der Waals surface area (Å²) in [5, 5.41) is 3.09. The van der Waals surface area contributed by atoms with Crippen molar-refractivity contribution in [2.75, 3.05) is 20.1 Å². The summed E-state index contributed by atoms with van der Waals surface area (Å²) >= 11 is 0. The summed E-state index contributed by atoms with van der Waals surface area (Å²) in [6.07, 6.45) is 5.97. The molecule has 124 valence electrons. The standard InChI is InChI=1S/C17H35N3O/c1-6-15-7-9-17(12-18,10-8-15)20(5)11-16(21)19-14(4)13(2)3/h13-15H,6-12,18H2,1-5H3,(H,19,21). The highest BCUT2D eigenvalue weighted by atomic mass is 16.2. The number of likely N-dealkylation sites (N-methyl/N-ethyl adjacent to an activating group) is 1. The number of hydrogen-bond donors (Lipinski definition) is 2. The summed E-state index contributed by atoms with van der Waals surface area (Å²) in [4.78, 5) is 14.4. The third-order valence-corrected chi connectivity index (χ3v) is 5.57. The number of carbonyl (C=O) groups excluding carboxylic acids is 1. The van der Waals surface area contributed by atoms with Crippen molar-refractivity contribution in [3.8, 4) is 0 Å². The minimum absolute atomic E-state index is 0.0179. The van der Waals surface area contributed by atoms with Gasteiger partial charge in [-0.15, -0.1) is 0 Å². The van der Waals surface area contributed by atoms with E-state index in [9.17, 15) is 4.79 Å². The van der Waals surface area contributed by atoms with Gasteiger partial charge in [0, 0.05) is 18.1 Å². The molecule has 0 aromatic rings. The number of hydrogen-bond acceptors (Lipinski definition) is 3. The van der Waals surface area contributed by atoms with Gasteiger partial charge < -0.3 is 11.1 Å². The van der Waals surface area contributed by atoms with Gasteiger partial charge in [0.1, 0.15) is 0 Å². The fourth-order valence-corrected chi connectivity index (χ4v) is 3.21. The fraction of sp³-hybridized carbons (Fsp3) is 0.941. The second kappa shape index (κ2) is 8.14. The Morgan fingerprint density at radius 3 is 2.33 bits per heavy atom. The summed E-state index contributed by atoms with van der Waals surface area (Å²) in [5.74, 6) is 1.42. The van der Waals surface area contributed by atoms with Crippen molar-refractivity contribution < 1.29 is 4.79 Å². The van der Waals surface area contributed by atoms with Gasteiger partial charge in [-0.2, -0.15) is 0 Å². The van der Waals surface area contributed by atoms with Crippen molar-refractivity contribution in [1.82, 2.24) is 10.2 Å². The first kappa shape index (κ1) is 18.4. The zero-order valence-corrected chi connectivity index (χ0v) is 14.6. The number of nitrogens with zero attached hydrogens (tertiary/aromatic N) is 1. The van der Waals surface area contributed by atoms with Gasteiger partial charge in [-0.25, -0.2) is 0 Å². The van der Waals surface area contributed by atoms with E-state index < -0.39 is 0 Å². The Kier molecular flexibility index (Phi) is 7.14. The van der Waals surface area contributed by atoms with Gasteiger partial charge in [0.2, 0.25) is 5.91 Å². The Bertz CT molecular complexity index is 322. The Morgan fingerprint density at radius 1 is 1.33 bits per heavy atom. The van der Waals surface area contributed by atoms with Crippen molar-refractivity contribution >= 4 is 5.91 Å². The molecule has 0 aromatic carbocycles. The highest BCUT2D eigenvalue weighted by Gasteiger charge is 2.37. The predicted molar refractivity (Wildman–Crippen MR) is 89.1 cm³/mol. The predicted octanol–water partition coefficient (Wildman–Crippen LogP) is 2.38. The van der Waals surface area contributed by atoms with E-state index in [0.717, 1.165) is 18.8 Å². The van der Waals surface area contributed by atoms with E-state index in [4.69, 9.17) is 5.73 Å². The van der Waals surface area contributed by atoms with Crippen LogP contribution in [0.15, 0.2) is 0 Å². The molecule has 0 bridgehead atoms. The molecule has 1 aliphatic rings. The van der Waals surface area contributed by atoms with E-state index >= 15 is 0 Å². The van der Waals surface area contributed by atoms with Crippen LogP contribution in [0.3, 0.4) is 0 Å². The lowest BCUT2D eigenvalue weighted by Gasteiger charge is -2.45. The molecule has 0 radical (unpaired) electrons. The first-order chi connectivity index (χ1) is 9.84. The molecular formula is C17H35N3O. The first-order valence-electron chi connectivity index (χ1n) is 8.55. The molecule has 0 heterocycles. The smallest absolute Gasteiger partial charge is 0.234 e. The number of amides is 1. The van der Waals surface area contributed by atoms with E-state index in [1.165, 1.54) is 19.3 Å². The molecule has 4 heteroatoms. The van der Waals surface area contributed by atoms with Gasteiger partial charge in [-0.05, 0) is 51.5 Å². The maximum Gasteiger partial charge on any atom is 0.234 e. The second-order valence-electron chi connectivity index (χ2n) is 7.24. The van der Waals surface area contributed by atoms with E-state index in [1.807, 2.05) is 0 Å². The largest absolute Gasteiger partial charge is 0.352 e. The monoisotopic (exact) mass is 297 g/mol. The molecular weight excluding hydrogens is 262 g/mol. The Hall–Kier alpha value is -0.610. The van der Waals surface area contributed by atoms with Crippen molar-refractivity contribution in [3.63, 3.8) is 0 Å². The van der Waals surface area contributed by atoms with Crippen LogP contribution in [0.1, 0.15) is 59.8 Å².